The third-order valence-corrected chi connectivity index (χ3v) is 5.90. The van der Waals surface area contributed by atoms with Crippen LogP contribution in [0.1, 0.15) is 22.7 Å². The van der Waals surface area contributed by atoms with Crippen LogP contribution in [0.4, 0.5) is 13.2 Å². The Balaban J connectivity index is 1.69. The molecule has 5 aromatic rings. The lowest BCUT2D eigenvalue weighted by Gasteiger charge is -2.19. The second kappa shape index (κ2) is 6.50. The van der Waals surface area contributed by atoms with E-state index in [2.05, 4.69) is 4.98 Å². The van der Waals surface area contributed by atoms with E-state index in [4.69, 9.17) is 4.98 Å². The third kappa shape index (κ3) is 2.67. The summed E-state index contributed by atoms with van der Waals surface area (Å²) >= 11 is 0. The number of hydrogen-bond acceptors (Lipinski definition) is 3. The van der Waals surface area contributed by atoms with Gasteiger partial charge in [-0.15, -0.1) is 0 Å². The van der Waals surface area contributed by atoms with Crippen LogP contribution in [0.2, 0.25) is 0 Å². The normalized spacial score (nSPS) is 15.2. The third-order valence-electron chi connectivity index (χ3n) is 5.90. The van der Waals surface area contributed by atoms with E-state index in [9.17, 15) is 18.0 Å². The van der Waals surface area contributed by atoms with Gasteiger partial charge in [-0.3, -0.25) is 4.79 Å². The molecule has 0 radical (unpaired) electrons. The number of alkyl halides is 3. The summed E-state index contributed by atoms with van der Waals surface area (Å²) in [5.74, 6) is 0.416. The van der Waals surface area contributed by atoms with Gasteiger partial charge in [0.2, 0.25) is 0 Å². The van der Waals surface area contributed by atoms with Gasteiger partial charge in [-0.1, -0.05) is 42.5 Å². The van der Waals surface area contributed by atoms with Crippen LogP contribution in [0.15, 0.2) is 83.7 Å². The Kier molecular flexibility index (Phi) is 3.81. The second-order valence-electron chi connectivity index (χ2n) is 7.77. The minimum absolute atomic E-state index is 0.360. The fourth-order valence-corrected chi connectivity index (χ4v) is 4.46. The van der Waals surface area contributed by atoms with Crippen molar-refractivity contribution < 1.29 is 13.2 Å². The predicted molar refractivity (Wildman–Crippen MR) is 115 cm³/mol. The van der Waals surface area contributed by atoms with Crippen molar-refractivity contribution in [3.8, 4) is 11.5 Å². The quantitative estimate of drug-likeness (QED) is 0.343. The number of hydrogen-bond donors (Lipinski definition) is 0. The van der Waals surface area contributed by atoms with E-state index in [1.807, 2.05) is 47.0 Å². The second-order valence-corrected chi connectivity index (χ2v) is 7.77. The van der Waals surface area contributed by atoms with Crippen LogP contribution in [0.3, 0.4) is 0 Å². The van der Waals surface area contributed by atoms with Gasteiger partial charge in [0.25, 0.3) is 5.56 Å². The van der Waals surface area contributed by atoms with Crippen LogP contribution in [0, 0.1) is 0 Å². The average Bonchev–Trinajstić information content (AvgIpc) is 3.10. The molecule has 32 heavy (non-hydrogen) atoms. The molecule has 4 nitrogen and oxygen atoms in total. The largest absolute Gasteiger partial charge is 0.416 e. The Morgan fingerprint density at radius 3 is 2.34 bits per heavy atom. The molecule has 1 unspecified atom stereocenters. The maximum atomic E-state index is 13.1. The van der Waals surface area contributed by atoms with Gasteiger partial charge >= 0.3 is 6.18 Å². The minimum Gasteiger partial charge on any atom is -0.312 e. The highest BCUT2D eigenvalue weighted by Crippen LogP contribution is 2.44. The zero-order valence-electron chi connectivity index (χ0n) is 16.5. The first-order chi connectivity index (χ1) is 15.4. The highest BCUT2D eigenvalue weighted by Gasteiger charge is 2.35. The highest BCUT2D eigenvalue weighted by atomic mass is 19.4. The number of para-hydroxylation sites is 2. The summed E-state index contributed by atoms with van der Waals surface area (Å²) in [6.07, 6.45) is -4.42. The molecule has 0 fully saturated rings. The van der Waals surface area contributed by atoms with Crippen molar-refractivity contribution in [1.82, 2.24) is 14.5 Å². The summed E-state index contributed by atoms with van der Waals surface area (Å²) in [5, 5.41) is 1.36. The lowest BCUT2D eigenvalue weighted by Crippen LogP contribution is -2.17. The van der Waals surface area contributed by atoms with Crippen molar-refractivity contribution in [2.24, 2.45) is 0 Å². The molecule has 1 aliphatic heterocycles. The molecule has 1 atom stereocenters. The van der Waals surface area contributed by atoms with Gasteiger partial charge in [-0.25, -0.2) is 4.98 Å². The molecule has 1 aliphatic rings. The van der Waals surface area contributed by atoms with Crippen molar-refractivity contribution in [1.29, 1.82) is 0 Å². The summed E-state index contributed by atoms with van der Waals surface area (Å²) < 4.78 is 41.3. The number of rotatable bonds is 1. The van der Waals surface area contributed by atoms with E-state index >= 15 is 0 Å². The van der Waals surface area contributed by atoms with E-state index in [1.54, 1.807) is 12.1 Å². The lowest BCUT2D eigenvalue weighted by atomic mass is 9.97. The number of halogens is 3. The summed E-state index contributed by atoms with van der Waals surface area (Å²) in [4.78, 5) is 21.8. The Hall–Kier alpha value is -4.00. The zero-order valence-corrected chi connectivity index (χ0v) is 16.5. The Labute approximate surface area is 179 Å². The van der Waals surface area contributed by atoms with E-state index in [1.165, 1.54) is 12.1 Å². The first-order valence-electron chi connectivity index (χ1n) is 10.0. The number of aromatic nitrogens is 3. The van der Waals surface area contributed by atoms with Crippen LogP contribution < -0.4 is 5.56 Å². The van der Waals surface area contributed by atoms with Gasteiger partial charge in [-0.2, -0.15) is 18.2 Å². The molecule has 0 saturated heterocycles. The molecule has 0 saturated carbocycles. The van der Waals surface area contributed by atoms with Crippen LogP contribution in [0.5, 0.6) is 0 Å². The van der Waals surface area contributed by atoms with E-state index < -0.39 is 17.8 Å². The van der Waals surface area contributed by atoms with Crippen LogP contribution in [0.25, 0.3) is 33.3 Å². The molecule has 7 heteroatoms. The molecule has 3 heterocycles. The van der Waals surface area contributed by atoms with E-state index in [0.29, 0.717) is 28.0 Å². The molecular formula is C25H14F3N3O. The molecular weight excluding hydrogens is 415 g/mol. The summed E-state index contributed by atoms with van der Waals surface area (Å²) in [7, 11) is 0. The number of nitrogens with zero attached hydrogens (tertiary/aromatic N) is 3. The van der Waals surface area contributed by atoms with Gasteiger partial charge < -0.3 is 4.57 Å². The maximum Gasteiger partial charge on any atom is 0.416 e. The molecule has 0 aliphatic carbocycles. The lowest BCUT2D eigenvalue weighted by molar-refractivity contribution is -0.137. The maximum absolute atomic E-state index is 13.1. The van der Waals surface area contributed by atoms with Gasteiger partial charge in [0.15, 0.2) is 5.82 Å². The molecule has 0 N–H and O–H groups in total. The smallest absolute Gasteiger partial charge is 0.312 e. The molecule has 0 spiro atoms. The van der Waals surface area contributed by atoms with Crippen molar-refractivity contribution in [3.05, 3.63) is 106 Å². The van der Waals surface area contributed by atoms with Gasteiger partial charge in [0, 0.05) is 10.9 Å². The number of benzene rings is 3. The average molecular weight is 429 g/mol. The number of pyridine rings is 1. The predicted octanol–water partition coefficient (Wildman–Crippen LogP) is 5.58. The van der Waals surface area contributed by atoms with Gasteiger partial charge in [0.05, 0.1) is 28.0 Å². The van der Waals surface area contributed by atoms with Crippen LogP contribution in [-0.4, -0.2) is 14.5 Å². The highest BCUT2D eigenvalue weighted by molar-refractivity contribution is 5.87. The van der Waals surface area contributed by atoms with Crippen molar-refractivity contribution in [3.63, 3.8) is 0 Å². The Bertz CT molecular complexity index is 1590. The van der Waals surface area contributed by atoms with E-state index in [-0.39, 0.29) is 5.56 Å². The number of fused-ring (bicyclic) bond motifs is 6. The summed E-state index contributed by atoms with van der Waals surface area (Å²) in [6.45, 7) is 0. The van der Waals surface area contributed by atoms with E-state index in [0.717, 1.165) is 28.6 Å². The van der Waals surface area contributed by atoms with Gasteiger partial charge in [-0.05, 0) is 42.0 Å². The molecule has 2 aromatic heterocycles. The van der Waals surface area contributed by atoms with Crippen LogP contribution in [-0.2, 0) is 6.18 Å². The minimum atomic E-state index is -4.42. The van der Waals surface area contributed by atoms with Crippen molar-refractivity contribution in [2.75, 3.05) is 0 Å². The first kappa shape index (κ1) is 18.7. The fraction of sp³-hybridized carbons (Fsp3) is 0.0800. The fourth-order valence-electron chi connectivity index (χ4n) is 4.46. The molecule has 3 aromatic carbocycles. The zero-order chi connectivity index (χ0) is 22.0. The Morgan fingerprint density at radius 1 is 0.844 bits per heavy atom. The Morgan fingerprint density at radius 2 is 1.56 bits per heavy atom. The van der Waals surface area contributed by atoms with Gasteiger partial charge in [0.1, 0.15) is 5.69 Å². The van der Waals surface area contributed by atoms with Crippen molar-refractivity contribution >= 4 is 21.8 Å². The molecule has 156 valence electrons. The molecule has 0 bridgehead atoms. The monoisotopic (exact) mass is 429 g/mol. The molecule has 0 amide bonds. The first-order valence-corrected chi connectivity index (χ1v) is 10.0. The molecule has 6 rings (SSSR count). The van der Waals surface area contributed by atoms with Crippen LogP contribution >= 0.6 is 0 Å². The summed E-state index contributed by atoms with van der Waals surface area (Å²) in [5.41, 5.74) is 2.37. The topological polar surface area (TPSA) is 47.8 Å². The van der Waals surface area contributed by atoms with Crippen molar-refractivity contribution in [2.45, 2.75) is 12.2 Å². The summed E-state index contributed by atoms with van der Waals surface area (Å²) in [6, 6.07) is 21.4. The standard InChI is InChI=1S/C25H14F3N3O/c26-25(27,28)16-11-9-14(10-12-16)22-18-13-15-5-1-3-7-19(15)29-21(18)23-30-24(32)17-6-2-4-8-20(17)31(22)23/h1-13,22H. The SMILES string of the molecule is O=c1nc2n(c3ccccc13)C(c1ccc(C(F)(F)F)cc1)c1cc3ccccc3nc1-2.